The number of hydrogen-bond donors (Lipinski definition) is 2. The standard InChI is InChI=1S/C13H17NO6/c1-11(2,3)13(10(17)18)6-5-12(4,9(15)16)8(7-13)14(19)20/h5-7H,1-4H3,(H,15,16)(H,17,18). The molecule has 20 heavy (non-hydrogen) atoms. The molecule has 0 fully saturated rings. The van der Waals surface area contributed by atoms with Crippen LogP contribution in [0.3, 0.4) is 0 Å². The van der Waals surface area contributed by atoms with Gasteiger partial charge in [0.25, 0.3) is 5.70 Å². The Bertz CT molecular complexity index is 542. The van der Waals surface area contributed by atoms with Gasteiger partial charge in [0.1, 0.15) is 5.41 Å². The van der Waals surface area contributed by atoms with Gasteiger partial charge < -0.3 is 10.2 Å². The highest BCUT2D eigenvalue weighted by atomic mass is 16.6. The van der Waals surface area contributed by atoms with Gasteiger partial charge in [-0.2, -0.15) is 0 Å². The smallest absolute Gasteiger partial charge is 0.324 e. The second-order valence-electron chi connectivity index (χ2n) is 6.05. The molecule has 0 radical (unpaired) electrons. The predicted molar refractivity (Wildman–Crippen MR) is 69.5 cm³/mol. The summed E-state index contributed by atoms with van der Waals surface area (Å²) >= 11 is 0. The molecule has 0 aromatic heterocycles. The van der Waals surface area contributed by atoms with Crippen molar-refractivity contribution in [2.24, 2.45) is 16.2 Å². The second-order valence-corrected chi connectivity index (χ2v) is 6.05. The summed E-state index contributed by atoms with van der Waals surface area (Å²) in [6, 6.07) is 0. The highest BCUT2D eigenvalue weighted by molar-refractivity contribution is 5.86. The number of carboxylic acids is 2. The SMILES string of the molecule is CC1(C(=O)O)C=CC(C(=O)O)(C(C)(C)C)C=C1[N+](=O)[O-]. The van der Waals surface area contributed by atoms with Crippen LogP contribution in [0, 0.1) is 26.4 Å². The van der Waals surface area contributed by atoms with Gasteiger partial charge in [0.05, 0.1) is 4.92 Å². The zero-order valence-corrected chi connectivity index (χ0v) is 11.7. The van der Waals surface area contributed by atoms with Crippen LogP contribution in [0.15, 0.2) is 23.9 Å². The number of nitrogens with zero attached hydrogens (tertiary/aromatic N) is 1. The van der Waals surface area contributed by atoms with E-state index in [9.17, 15) is 29.9 Å². The van der Waals surface area contributed by atoms with Crippen molar-refractivity contribution in [1.29, 1.82) is 0 Å². The van der Waals surface area contributed by atoms with Crippen LogP contribution < -0.4 is 0 Å². The molecule has 2 atom stereocenters. The summed E-state index contributed by atoms with van der Waals surface area (Å²) in [4.78, 5) is 33.2. The molecule has 2 unspecified atom stereocenters. The van der Waals surface area contributed by atoms with Crippen molar-refractivity contribution >= 4 is 11.9 Å². The molecule has 110 valence electrons. The van der Waals surface area contributed by atoms with Crippen LogP contribution in [0.1, 0.15) is 27.7 Å². The molecule has 0 bridgehead atoms. The number of carboxylic acid groups (broad SMARTS) is 2. The van der Waals surface area contributed by atoms with E-state index in [1.807, 2.05) is 0 Å². The van der Waals surface area contributed by atoms with Gasteiger partial charge in [0, 0.05) is 6.08 Å². The van der Waals surface area contributed by atoms with Crippen LogP contribution in [-0.4, -0.2) is 27.1 Å². The fraction of sp³-hybridized carbons (Fsp3) is 0.538. The first-order chi connectivity index (χ1) is 8.88. The van der Waals surface area contributed by atoms with Gasteiger partial charge in [0.15, 0.2) is 5.41 Å². The van der Waals surface area contributed by atoms with Gasteiger partial charge in [-0.15, -0.1) is 0 Å². The van der Waals surface area contributed by atoms with Gasteiger partial charge in [-0.1, -0.05) is 32.9 Å². The van der Waals surface area contributed by atoms with Crippen molar-refractivity contribution in [3.05, 3.63) is 34.0 Å². The lowest BCUT2D eigenvalue weighted by Crippen LogP contribution is -2.45. The zero-order valence-electron chi connectivity index (χ0n) is 11.7. The molecule has 0 heterocycles. The Hall–Kier alpha value is -2.18. The topological polar surface area (TPSA) is 118 Å². The van der Waals surface area contributed by atoms with E-state index in [2.05, 4.69) is 0 Å². The van der Waals surface area contributed by atoms with Crippen molar-refractivity contribution in [2.45, 2.75) is 27.7 Å². The Morgan fingerprint density at radius 1 is 1.20 bits per heavy atom. The van der Waals surface area contributed by atoms with E-state index in [4.69, 9.17) is 0 Å². The van der Waals surface area contributed by atoms with E-state index in [-0.39, 0.29) is 0 Å². The molecule has 0 aliphatic heterocycles. The Labute approximate surface area is 115 Å². The summed E-state index contributed by atoms with van der Waals surface area (Å²) in [7, 11) is 0. The second kappa shape index (κ2) is 4.43. The lowest BCUT2D eigenvalue weighted by molar-refractivity contribution is -0.437. The van der Waals surface area contributed by atoms with E-state index >= 15 is 0 Å². The zero-order chi connectivity index (χ0) is 15.9. The molecule has 0 amide bonds. The average molecular weight is 283 g/mol. The first-order valence-electron chi connectivity index (χ1n) is 5.93. The maximum atomic E-state index is 11.6. The van der Waals surface area contributed by atoms with Gasteiger partial charge in [-0.25, -0.2) is 0 Å². The number of nitro groups is 1. The monoisotopic (exact) mass is 283 g/mol. The van der Waals surface area contributed by atoms with Gasteiger partial charge in [-0.05, 0) is 12.3 Å². The molecule has 0 aromatic carbocycles. The van der Waals surface area contributed by atoms with Gasteiger partial charge in [0.2, 0.25) is 0 Å². The molecule has 0 saturated carbocycles. The molecule has 0 spiro atoms. The average Bonchev–Trinajstić information content (AvgIpc) is 2.26. The first-order valence-corrected chi connectivity index (χ1v) is 5.93. The molecular formula is C13H17NO6. The van der Waals surface area contributed by atoms with Gasteiger partial charge in [-0.3, -0.25) is 19.7 Å². The maximum absolute atomic E-state index is 11.6. The molecular weight excluding hydrogens is 266 g/mol. The van der Waals surface area contributed by atoms with E-state index in [1.165, 1.54) is 13.0 Å². The van der Waals surface area contributed by atoms with Crippen molar-refractivity contribution in [1.82, 2.24) is 0 Å². The van der Waals surface area contributed by atoms with Crippen LogP contribution in [-0.2, 0) is 9.59 Å². The normalized spacial score (nSPS) is 29.7. The Morgan fingerprint density at radius 3 is 2.00 bits per heavy atom. The number of rotatable bonds is 3. The van der Waals surface area contributed by atoms with Crippen molar-refractivity contribution in [3.8, 4) is 0 Å². The van der Waals surface area contributed by atoms with Crippen LogP contribution in [0.2, 0.25) is 0 Å². The third-order valence-corrected chi connectivity index (χ3v) is 3.81. The first kappa shape index (κ1) is 15.9. The quantitative estimate of drug-likeness (QED) is 0.464. The Balaban J connectivity index is 3.63. The van der Waals surface area contributed by atoms with Crippen LogP contribution in [0.25, 0.3) is 0 Å². The number of carbonyl (C=O) groups is 2. The molecule has 0 saturated heterocycles. The summed E-state index contributed by atoms with van der Waals surface area (Å²) in [5.41, 5.74) is -4.95. The lowest BCUT2D eigenvalue weighted by Gasteiger charge is -2.39. The third-order valence-electron chi connectivity index (χ3n) is 3.81. The van der Waals surface area contributed by atoms with E-state index in [1.54, 1.807) is 20.8 Å². The van der Waals surface area contributed by atoms with Crippen LogP contribution >= 0.6 is 0 Å². The third kappa shape index (κ3) is 2.09. The summed E-state index contributed by atoms with van der Waals surface area (Å²) in [5, 5.41) is 29.8. The van der Waals surface area contributed by atoms with Crippen LogP contribution in [0.5, 0.6) is 0 Å². The summed E-state index contributed by atoms with van der Waals surface area (Å²) in [5.74, 6) is -2.65. The highest BCUT2D eigenvalue weighted by Gasteiger charge is 2.55. The van der Waals surface area contributed by atoms with Crippen molar-refractivity contribution in [3.63, 3.8) is 0 Å². The molecule has 2 N–H and O–H groups in total. The Morgan fingerprint density at radius 2 is 1.70 bits per heavy atom. The number of hydrogen-bond acceptors (Lipinski definition) is 4. The van der Waals surface area contributed by atoms with Gasteiger partial charge >= 0.3 is 11.9 Å². The molecule has 7 nitrogen and oxygen atoms in total. The van der Waals surface area contributed by atoms with Crippen molar-refractivity contribution in [2.75, 3.05) is 0 Å². The molecule has 1 rings (SSSR count). The largest absolute Gasteiger partial charge is 0.480 e. The summed E-state index contributed by atoms with van der Waals surface area (Å²) < 4.78 is 0. The lowest BCUT2D eigenvalue weighted by atomic mass is 9.61. The van der Waals surface area contributed by atoms with Crippen molar-refractivity contribution < 1.29 is 24.7 Å². The minimum Gasteiger partial charge on any atom is -0.480 e. The highest BCUT2D eigenvalue weighted by Crippen LogP contribution is 2.48. The van der Waals surface area contributed by atoms with E-state index < -0.39 is 38.8 Å². The Kier molecular flexibility index (Phi) is 3.52. The van der Waals surface area contributed by atoms with Crippen LogP contribution in [0.4, 0.5) is 0 Å². The molecule has 7 heteroatoms. The molecule has 1 aliphatic carbocycles. The predicted octanol–water partition coefficient (Wildman–Crippen LogP) is 1.92. The fourth-order valence-electron chi connectivity index (χ4n) is 2.14. The number of aliphatic carboxylic acids is 2. The fourth-order valence-corrected chi connectivity index (χ4v) is 2.14. The minimum absolute atomic E-state index is 0.634. The van der Waals surface area contributed by atoms with E-state index in [0.29, 0.717) is 0 Å². The minimum atomic E-state index is -1.84. The molecule has 1 aliphatic rings. The summed E-state index contributed by atoms with van der Waals surface area (Å²) in [6.45, 7) is 6.06. The molecule has 0 aromatic rings. The summed E-state index contributed by atoms with van der Waals surface area (Å²) in [6.07, 6.45) is 3.27. The van der Waals surface area contributed by atoms with E-state index in [0.717, 1.165) is 12.2 Å². The maximum Gasteiger partial charge on any atom is 0.324 e.